The molecule has 116 valence electrons. The number of carbonyl (C=O) groups excluding carboxylic acids is 1. The van der Waals surface area contributed by atoms with Gasteiger partial charge in [0.25, 0.3) is 5.91 Å². The maximum Gasteiger partial charge on any atom is 0.251 e. The van der Waals surface area contributed by atoms with Gasteiger partial charge in [-0.3, -0.25) is 4.79 Å². The number of anilines is 1. The zero-order valence-corrected chi connectivity index (χ0v) is 13.1. The van der Waals surface area contributed by atoms with Crippen molar-refractivity contribution in [3.05, 3.63) is 23.4 Å². The number of aryl methyl sites for hydroxylation is 1. The SMILES string of the molecule is CCCc1cc(C(=O)NC2CCOC(C)(C)C2)cc(N)n1. The maximum atomic E-state index is 12.4. The van der Waals surface area contributed by atoms with Gasteiger partial charge in [-0.1, -0.05) is 13.3 Å². The fraction of sp³-hybridized carbons (Fsp3) is 0.625. The fourth-order valence-electron chi connectivity index (χ4n) is 2.75. The Morgan fingerprint density at radius 1 is 1.52 bits per heavy atom. The Morgan fingerprint density at radius 2 is 2.29 bits per heavy atom. The van der Waals surface area contributed by atoms with Gasteiger partial charge in [0.2, 0.25) is 0 Å². The molecular formula is C16H25N3O2. The number of ether oxygens (including phenoxy) is 1. The van der Waals surface area contributed by atoms with Crippen LogP contribution in [0.4, 0.5) is 5.82 Å². The summed E-state index contributed by atoms with van der Waals surface area (Å²) in [5.74, 6) is 0.322. The Labute approximate surface area is 126 Å². The molecule has 1 aromatic rings. The van der Waals surface area contributed by atoms with E-state index in [1.54, 1.807) is 6.07 Å². The quantitative estimate of drug-likeness (QED) is 0.892. The molecule has 1 fully saturated rings. The van der Waals surface area contributed by atoms with E-state index in [1.165, 1.54) is 0 Å². The van der Waals surface area contributed by atoms with E-state index < -0.39 is 0 Å². The van der Waals surface area contributed by atoms with Crippen LogP contribution in [0.3, 0.4) is 0 Å². The topological polar surface area (TPSA) is 77.2 Å². The minimum Gasteiger partial charge on any atom is -0.384 e. The number of hydrogen-bond acceptors (Lipinski definition) is 4. The molecule has 0 aromatic carbocycles. The van der Waals surface area contributed by atoms with E-state index in [4.69, 9.17) is 10.5 Å². The first-order valence-electron chi connectivity index (χ1n) is 7.61. The monoisotopic (exact) mass is 291 g/mol. The van der Waals surface area contributed by atoms with Gasteiger partial charge in [0.1, 0.15) is 5.82 Å². The summed E-state index contributed by atoms with van der Waals surface area (Å²) in [6, 6.07) is 3.61. The van der Waals surface area contributed by atoms with Crippen LogP contribution < -0.4 is 11.1 Å². The summed E-state index contributed by atoms with van der Waals surface area (Å²) < 4.78 is 5.67. The molecule has 1 aliphatic rings. The molecule has 0 saturated carbocycles. The normalized spacial score (nSPS) is 21.0. The predicted octanol–water partition coefficient (Wildman–Crippen LogP) is 2.30. The van der Waals surface area contributed by atoms with Gasteiger partial charge in [0.15, 0.2) is 0 Å². The maximum absolute atomic E-state index is 12.4. The highest BCUT2D eigenvalue weighted by molar-refractivity contribution is 5.95. The van der Waals surface area contributed by atoms with Crippen LogP contribution in [0, 0.1) is 0 Å². The third-order valence-electron chi connectivity index (χ3n) is 3.70. The summed E-state index contributed by atoms with van der Waals surface area (Å²) >= 11 is 0. The van der Waals surface area contributed by atoms with E-state index in [2.05, 4.69) is 31.1 Å². The lowest BCUT2D eigenvalue weighted by atomic mass is 9.94. The number of nitrogens with one attached hydrogen (secondary N) is 1. The summed E-state index contributed by atoms with van der Waals surface area (Å²) in [4.78, 5) is 16.7. The van der Waals surface area contributed by atoms with Crippen molar-refractivity contribution in [3.63, 3.8) is 0 Å². The van der Waals surface area contributed by atoms with E-state index in [0.29, 0.717) is 18.0 Å². The number of amides is 1. The summed E-state index contributed by atoms with van der Waals surface area (Å²) in [6.07, 6.45) is 3.47. The van der Waals surface area contributed by atoms with Crippen LogP contribution >= 0.6 is 0 Å². The molecular weight excluding hydrogens is 266 g/mol. The molecule has 1 saturated heterocycles. The number of hydrogen-bond donors (Lipinski definition) is 2. The predicted molar refractivity (Wildman–Crippen MR) is 83.2 cm³/mol. The van der Waals surface area contributed by atoms with Gasteiger partial charge in [-0.2, -0.15) is 0 Å². The van der Waals surface area contributed by atoms with Gasteiger partial charge in [0.05, 0.1) is 5.60 Å². The number of carbonyl (C=O) groups is 1. The molecule has 5 heteroatoms. The smallest absolute Gasteiger partial charge is 0.251 e. The lowest BCUT2D eigenvalue weighted by Crippen LogP contribution is -2.45. The Balaban J connectivity index is 2.06. The number of nitrogens with two attached hydrogens (primary N) is 1. The van der Waals surface area contributed by atoms with Crippen molar-refractivity contribution < 1.29 is 9.53 Å². The summed E-state index contributed by atoms with van der Waals surface area (Å²) in [6.45, 7) is 6.86. The van der Waals surface area contributed by atoms with Crippen molar-refractivity contribution >= 4 is 11.7 Å². The Morgan fingerprint density at radius 3 is 2.95 bits per heavy atom. The molecule has 1 atom stereocenters. The van der Waals surface area contributed by atoms with Gasteiger partial charge in [0, 0.05) is 23.9 Å². The molecule has 1 amide bonds. The van der Waals surface area contributed by atoms with E-state index in [0.717, 1.165) is 31.4 Å². The standard InChI is InChI=1S/C16H25N3O2/c1-4-5-12-8-11(9-14(17)18-12)15(20)19-13-6-7-21-16(2,3)10-13/h8-9,13H,4-7,10H2,1-3H3,(H2,17,18)(H,19,20). The van der Waals surface area contributed by atoms with E-state index in [9.17, 15) is 4.79 Å². The number of aromatic nitrogens is 1. The lowest BCUT2D eigenvalue weighted by Gasteiger charge is -2.35. The van der Waals surface area contributed by atoms with Crippen LogP contribution in [0.15, 0.2) is 12.1 Å². The molecule has 21 heavy (non-hydrogen) atoms. The minimum atomic E-state index is -0.180. The van der Waals surface area contributed by atoms with Crippen LogP contribution in [-0.2, 0) is 11.2 Å². The van der Waals surface area contributed by atoms with E-state index >= 15 is 0 Å². The zero-order chi connectivity index (χ0) is 15.5. The molecule has 2 heterocycles. The Bertz CT molecular complexity index is 514. The molecule has 0 aliphatic carbocycles. The molecule has 0 radical (unpaired) electrons. The van der Waals surface area contributed by atoms with Crippen molar-refractivity contribution in [1.29, 1.82) is 0 Å². The van der Waals surface area contributed by atoms with Gasteiger partial charge >= 0.3 is 0 Å². The number of nitrogens with zero attached hydrogens (tertiary/aromatic N) is 1. The first-order valence-corrected chi connectivity index (χ1v) is 7.61. The molecule has 2 rings (SSSR count). The highest BCUT2D eigenvalue weighted by Gasteiger charge is 2.29. The summed E-state index contributed by atoms with van der Waals surface area (Å²) in [5.41, 5.74) is 7.08. The number of nitrogen functional groups attached to an aromatic ring is 1. The lowest BCUT2D eigenvalue weighted by molar-refractivity contribution is -0.0615. The van der Waals surface area contributed by atoms with Gasteiger partial charge in [-0.05, 0) is 45.2 Å². The highest BCUT2D eigenvalue weighted by Crippen LogP contribution is 2.24. The van der Waals surface area contributed by atoms with Crippen LogP contribution in [0.25, 0.3) is 0 Å². The third-order valence-corrected chi connectivity index (χ3v) is 3.70. The van der Waals surface area contributed by atoms with Crippen molar-refractivity contribution in [2.24, 2.45) is 0 Å². The molecule has 1 aliphatic heterocycles. The van der Waals surface area contributed by atoms with Crippen molar-refractivity contribution in [2.75, 3.05) is 12.3 Å². The van der Waals surface area contributed by atoms with E-state index in [-0.39, 0.29) is 17.6 Å². The van der Waals surface area contributed by atoms with Gasteiger partial charge < -0.3 is 15.8 Å². The first-order chi connectivity index (χ1) is 9.89. The third kappa shape index (κ3) is 4.43. The van der Waals surface area contributed by atoms with E-state index in [1.807, 2.05) is 6.07 Å². The number of rotatable bonds is 4. The van der Waals surface area contributed by atoms with Crippen LogP contribution in [0.5, 0.6) is 0 Å². The minimum absolute atomic E-state index is 0.0795. The fourth-order valence-corrected chi connectivity index (χ4v) is 2.75. The summed E-state index contributed by atoms with van der Waals surface area (Å²) in [5, 5.41) is 3.09. The highest BCUT2D eigenvalue weighted by atomic mass is 16.5. The molecule has 0 spiro atoms. The van der Waals surface area contributed by atoms with Crippen LogP contribution in [-0.4, -0.2) is 29.1 Å². The Kier molecular flexibility index (Phi) is 4.83. The second-order valence-corrected chi connectivity index (χ2v) is 6.29. The molecule has 1 aromatic heterocycles. The number of pyridine rings is 1. The zero-order valence-electron chi connectivity index (χ0n) is 13.1. The molecule has 0 bridgehead atoms. The largest absolute Gasteiger partial charge is 0.384 e. The Hall–Kier alpha value is -1.62. The molecule has 1 unspecified atom stereocenters. The van der Waals surface area contributed by atoms with Crippen LogP contribution in [0.2, 0.25) is 0 Å². The summed E-state index contributed by atoms with van der Waals surface area (Å²) in [7, 11) is 0. The molecule has 5 nitrogen and oxygen atoms in total. The van der Waals surface area contributed by atoms with Crippen molar-refractivity contribution in [2.45, 2.75) is 58.1 Å². The van der Waals surface area contributed by atoms with Crippen LogP contribution in [0.1, 0.15) is 56.1 Å². The van der Waals surface area contributed by atoms with Gasteiger partial charge in [-0.15, -0.1) is 0 Å². The average Bonchev–Trinajstić information content (AvgIpc) is 2.37. The van der Waals surface area contributed by atoms with Gasteiger partial charge in [-0.25, -0.2) is 4.98 Å². The second-order valence-electron chi connectivity index (χ2n) is 6.29. The second kappa shape index (κ2) is 6.43. The first kappa shape index (κ1) is 15.8. The average molecular weight is 291 g/mol. The van der Waals surface area contributed by atoms with Crippen molar-refractivity contribution in [3.8, 4) is 0 Å². The molecule has 3 N–H and O–H groups in total. The van der Waals surface area contributed by atoms with Crippen molar-refractivity contribution in [1.82, 2.24) is 10.3 Å².